The Kier molecular flexibility index (Phi) is 4.40. The van der Waals surface area contributed by atoms with Crippen LogP contribution in [0.15, 0.2) is 24.5 Å². The molecule has 0 unspecified atom stereocenters. The smallest absolute Gasteiger partial charge is 0.267 e. The number of likely N-dealkylation sites (tertiary alicyclic amines) is 1. The third-order valence-electron chi connectivity index (χ3n) is 5.09. The van der Waals surface area contributed by atoms with Crippen LogP contribution in [0.1, 0.15) is 23.2 Å². The lowest BCUT2D eigenvalue weighted by Gasteiger charge is -2.13. The molecule has 8 nitrogen and oxygen atoms in total. The summed E-state index contributed by atoms with van der Waals surface area (Å²) in [5.74, 6) is 6.08. The first kappa shape index (κ1) is 18.8. The first-order chi connectivity index (χ1) is 13.8. The van der Waals surface area contributed by atoms with Crippen molar-refractivity contribution in [2.24, 2.45) is 0 Å². The largest absolute Gasteiger partial charge is 0.382 e. The molecule has 0 radical (unpaired) electrons. The van der Waals surface area contributed by atoms with Gasteiger partial charge >= 0.3 is 0 Å². The summed E-state index contributed by atoms with van der Waals surface area (Å²) in [5, 5.41) is 10.5. The molecule has 0 saturated carbocycles. The Morgan fingerprint density at radius 2 is 2.00 bits per heavy atom. The standard InChI is InChI=1S/C21H20N6O2/c1-12-4-5-14(6-7-21(29)8-9-27(3)20(21)28)10-15(12)19-25-13(2)16-17(26-19)18(22)24-11-23-16/h4-5,10-11,29H,8-9H2,1-3H3,(H2,22,23,24)/t21-/m0/s1. The highest BCUT2D eigenvalue weighted by molar-refractivity contribution is 5.90. The third-order valence-corrected chi connectivity index (χ3v) is 5.09. The number of nitrogen functional groups attached to an aromatic ring is 1. The topological polar surface area (TPSA) is 118 Å². The normalized spacial score (nSPS) is 18.8. The fourth-order valence-corrected chi connectivity index (χ4v) is 3.32. The van der Waals surface area contributed by atoms with Crippen LogP contribution in [0.25, 0.3) is 22.4 Å². The van der Waals surface area contributed by atoms with Crippen molar-refractivity contribution in [2.75, 3.05) is 19.3 Å². The summed E-state index contributed by atoms with van der Waals surface area (Å²) in [6, 6.07) is 5.58. The zero-order valence-corrected chi connectivity index (χ0v) is 16.4. The number of amides is 1. The number of anilines is 1. The average Bonchev–Trinajstić information content (AvgIpc) is 2.96. The quantitative estimate of drug-likeness (QED) is 0.602. The van der Waals surface area contributed by atoms with Crippen LogP contribution < -0.4 is 5.73 Å². The van der Waals surface area contributed by atoms with E-state index in [1.807, 2.05) is 32.0 Å². The first-order valence-corrected chi connectivity index (χ1v) is 9.15. The van der Waals surface area contributed by atoms with Gasteiger partial charge in [0.25, 0.3) is 5.91 Å². The molecule has 4 rings (SSSR count). The van der Waals surface area contributed by atoms with Gasteiger partial charge in [0.15, 0.2) is 11.6 Å². The highest BCUT2D eigenvalue weighted by atomic mass is 16.3. The predicted octanol–water partition coefficient (Wildman–Crippen LogP) is 1.23. The maximum atomic E-state index is 12.1. The molecule has 2 aromatic heterocycles. The number of aromatic nitrogens is 4. The summed E-state index contributed by atoms with van der Waals surface area (Å²) < 4.78 is 0. The van der Waals surface area contributed by atoms with Crippen molar-refractivity contribution in [2.45, 2.75) is 25.9 Å². The summed E-state index contributed by atoms with van der Waals surface area (Å²) in [6.07, 6.45) is 1.68. The van der Waals surface area contributed by atoms with Gasteiger partial charge in [-0.15, -0.1) is 0 Å². The molecular weight excluding hydrogens is 368 g/mol. The van der Waals surface area contributed by atoms with Crippen molar-refractivity contribution in [1.82, 2.24) is 24.8 Å². The number of benzene rings is 1. The van der Waals surface area contributed by atoms with Gasteiger partial charge in [-0.3, -0.25) is 4.79 Å². The molecule has 8 heteroatoms. The monoisotopic (exact) mass is 388 g/mol. The van der Waals surface area contributed by atoms with Crippen molar-refractivity contribution in [3.63, 3.8) is 0 Å². The van der Waals surface area contributed by atoms with Crippen molar-refractivity contribution in [3.05, 3.63) is 41.3 Å². The van der Waals surface area contributed by atoms with Gasteiger partial charge < -0.3 is 15.7 Å². The van der Waals surface area contributed by atoms with Gasteiger partial charge in [0.1, 0.15) is 17.4 Å². The Morgan fingerprint density at radius 3 is 2.72 bits per heavy atom. The van der Waals surface area contributed by atoms with Crippen LogP contribution in [0.5, 0.6) is 0 Å². The maximum absolute atomic E-state index is 12.1. The Labute approximate surface area is 167 Å². The molecule has 1 fully saturated rings. The number of rotatable bonds is 1. The lowest BCUT2D eigenvalue weighted by Crippen LogP contribution is -2.37. The Morgan fingerprint density at radius 1 is 1.21 bits per heavy atom. The maximum Gasteiger partial charge on any atom is 0.267 e. The molecule has 0 spiro atoms. The number of nitrogens with two attached hydrogens (primary N) is 1. The van der Waals surface area contributed by atoms with E-state index in [1.165, 1.54) is 11.2 Å². The van der Waals surface area contributed by atoms with E-state index in [0.717, 1.165) is 11.1 Å². The zero-order chi connectivity index (χ0) is 20.8. The number of aliphatic hydroxyl groups is 1. The van der Waals surface area contributed by atoms with Crippen LogP contribution in [0.4, 0.5) is 5.82 Å². The minimum atomic E-state index is -1.64. The molecule has 29 heavy (non-hydrogen) atoms. The van der Waals surface area contributed by atoms with Crippen LogP contribution in [0.2, 0.25) is 0 Å². The number of carbonyl (C=O) groups excluding carboxylic acids is 1. The minimum absolute atomic E-state index is 0.292. The van der Waals surface area contributed by atoms with Crippen LogP contribution in [-0.4, -0.2) is 55.0 Å². The van der Waals surface area contributed by atoms with Crippen LogP contribution in [-0.2, 0) is 4.79 Å². The van der Waals surface area contributed by atoms with Gasteiger partial charge in [-0.25, -0.2) is 19.9 Å². The third kappa shape index (κ3) is 3.26. The fraction of sp³-hybridized carbons (Fsp3) is 0.286. The van der Waals surface area contributed by atoms with Crippen molar-refractivity contribution < 1.29 is 9.90 Å². The highest BCUT2D eigenvalue weighted by Gasteiger charge is 2.42. The Balaban J connectivity index is 1.78. The van der Waals surface area contributed by atoms with E-state index < -0.39 is 5.60 Å². The molecule has 146 valence electrons. The lowest BCUT2D eigenvalue weighted by atomic mass is 10.0. The fourth-order valence-electron chi connectivity index (χ4n) is 3.32. The molecule has 3 heterocycles. The summed E-state index contributed by atoms with van der Waals surface area (Å²) in [6.45, 7) is 4.27. The number of aryl methyl sites for hydroxylation is 2. The van der Waals surface area contributed by atoms with E-state index in [4.69, 9.17) is 5.73 Å². The van der Waals surface area contributed by atoms with E-state index in [2.05, 4.69) is 31.8 Å². The van der Waals surface area contributed by atoms with Gasteiger partial charge in [0.05, 0.1) is 5.69 Å². The second-order valence-corrected chi connectivity index (χ2v) is 7.21. The molecule has 1 aliphatic rings. The molecule has 1 amide bonds. The molecule has 1 atom stereocenters. The van der Waals surface area contributed by atoms with Gasteiger partial charge in [-0.05, 0) is 31.5 Å². The molecule has 0 aliphatic carbocycles. The van der Waals surface area contributed by atoms with Gasteiger partial charge in [-0.2, -0.15) is 0 Å². The first-order valence-electron chi connectivity index (χ1n) is 9.15. The van der Waals surface area contributed by atoms with Crippen LogP contribution in [0, 0.1) is 25.7 Å². The summed E-state index contributed by atoms with van der Waals surface area (Å²) >= 11 is 0. The Bertz CT molecular complexity index is 1210. The molecular formula is C21H20N6O2. The van der Waals surface area contributed by atoms with Crippen LogP contribution in [0.3, 0.4) is 0 Å². The number of hydrogen-bond acceptors (Lipinski definition) is 7. The zero-order valence-electron chi connectivity index (χ0n) is 16.4. The van der Waals surface area contributed by atoms with Gasteiger partial charge in [-0.1, -0.05) is 17.9 Å². The minimum Gasteiger partial charge on any atom is -0.382 e. The number of hydrogen-bond donors (Lipinski definition) is 2. The summed E-state index contributed by atoms with van der Waals surface area (Å²) in [4.78, 5) is 30.9. The predicted molar refractivity (Wildman–Crippen MR) is 109 cm³/mol. The lowest BCUT2D eigenvalue weighted by molar-refractivity contribution is -0.137. The van der Waals surface area contributed by atoms with Crippen molar-refractivity contribution in [1.29, 1.82) is 0 Å². The van der Waals surface area contributed by atoms with Gasteiger partial charge in [0.2, 0.25) is 5.60 Å². The number of carbonyl (C=O) groups is 1. The van der Waals surface area contributed by atoms with E-state index >= 15 is 0 Å². The average molecular weight is 388 g/mol. The van der Waals surface area contributed by atoms with E-state index in [0.29, 0.717) is 46.9 Å². The van der Waals surface area contributed by atoms with Crippen molar-refractivity contribution in [3.8, 4) is 23.2 Å². The van der Waals surface area contributed by atoms with Gasteiger partial charge in [0, 0.05) is 31.1 Å². The van der Waals surface area contributed by atoms with E-state index in [-0.39, 0.29) is 5.91 Å². The summed E-state index contributed by atoms with van der Waals surface area (Å²) in [5.41, 5.74) is 8.54. The Hall–Kier alpha value is -3.57. The number of fused-ring (bicyclic) bond motifs is 1. The molecule has 1 aromatic carbocycles. The van der Waals surface area contributed by atoms with E-state index in [1.54, 1.807) is 7.05 Å². The number of likely N-dealkylation sites (N-methyl/N-ethyl adjacent to an activating group) is 1. The van der Waals surface area contributed by atoms with E-state index in [9.17, 15) is 9.90 Å². The highest BCUT2D eigenvalue weighted by Crippen LogP contribution is 2.26. The second-order valence-electron chi connectivity index (χ2n) is 7.21. The molecule has 3 N–H and O–H groups in total. The number of nitrogens with zero attached hydrogens (tertiary/aromatic N) is 5. The molecule has 1 saturated heterocycles. The molecule has 3 aromatic rings. The second kappa shape index (κ2) is 6.79. The van der Waals surface area contributed by atoms with Crippen molar-refractivity contribution >= 4 is 22.8 Å². The molecule has 0 bridgehead atoms. The SMILES string of the molecule is Cc1ccc(C#C[C@]2(O)CCN(C)C2=O)cc1-c1nc(C)c2ncnc(N)c2n1. The van der Waals surface area contributed by atoms with Crippen LogP contribution >= 0.6 is 0 Å². The summed E-state index contributed by atoms with van der Waals surface area (Å²) in [7, 11) is 1.65. The molecule has 1 aliphatic heterocycles.